The third-order valence-corrected chi connectivity index (χ3v) is 1.21. The van der Waals surface area contributed by atoms with Gasteiger partial charge in [-0.3, -0.25) is 0 Å². The van der Waals surface area contributed by atoms with E-state index in [0.29, 0.717) is 0 Å². The van der Waals surface area contributed by atoms with Crippen LogP contribution in [0.1, 0.15) is 5.56 Å². The molecule has 60 valence electrons. The monoisotopic (exact) mass is 176 g/mol. The molecule has 0 unspecified atom stereocenters. The zero-order valence-electron chi connectivity index (χ0n) is 5.86. The quantitative estimate of drug-likeness (QED) is 0.544. The third kappa shape index (κ3) is 4.38. The third-order valence-electron chi connectivity index (χ3n) is 1.21. The summed E-state index contributed by atoms with van der Waals surface area (Å²) in [6.45, 7) is 0.121. The van der Waals surface area contributed by atoms with Gasteiger partial charge in [0.2, 0.25) is 0 Å². The van der Waals surface area contributed by atoms with Crippen molar-refractivity contribution in [2.24, 2.45) is 0 Å². The molecule has 1 aromatic carbocycles. The number of ether oxygens (including phenoxy) is 1. The van der Waals surface area contributed by atoms with Gasteiger partial charge in [0.25, 0.3) is 0 Å². The molecular weight excluding hydrogens is 167 g/mol. The van der Waals surface area contributed by atoms with E-state index < -0.39 is 6.16 Å². The summed E-state index contributed by atoms with van der Waals surface area (Å²) >= 11 is 0. The number of benzene rings is 1. The van der Waals surface area contributed by atoms with Crippen molar-refractivity contribution in [3.8, 4) is 0 Å². The van der Waals surface area contributed by atoms with Crippen LogP contribution in [0, 0.1) is 0 Å². The molecule has 0 fully saturated rings. The van der Waals surface area contributed by atoms with Crippen LogP contribution >= 0.6 is 0 Å². The predicted octanol–water partition coefficient (Wildman–Crippen LogP) is 1.23. The Morgan fingerprint density at radius 1 is 1.33 bits per heavy atom. The molecular formula is C8H9NaO3. The molecule has 3 nitrogen and oxygen atoms in total. The predicted molar refractivity (Wildman–Crippen MR) is 46.4 cm³/mol. The average Bonchev–Trinajstić information content (AvgIpc) is 2.03. The van der Waals surface area contributed by atoms with Crippen molar-refractivity contribution in [2.45, 2.75) is 6.61 Å². The molecule has 1 rings (SSSR count). The van der Waals surface area contributed by atoms with Crippen LogP contribution < -0.4 is 0 Å². The first-order chi connectivity index (χ1) is 5.29. The van der Waals surface area contributed by atoms with E-state index in [4.69, 9.17) is 5.11 Å². The molecule has 0 heterocycles. The first kappa shape index (κ1) is 11.5. The molecule has 0 amide bonds. The van der Waals surface area contributed by atoms with Gasteiger partial charge in [0.15, 0.2) is 0 Å². The molecule has 0 aromatic heterocycles. The van der Waals surface area contributed by atoms with E-state index in [2.05, 4.69) is 4.74 Å². The number of carbonyl (C=O) groups is 1. The Morgan fingerprint density at radius 2 is 1.92 bits per heavy atom. The fourth-order valence-electron chi connectivity index (χ4n) is 0.719. The number of rotatable bonds is 2. The Hall–Kier alpha value is -0.510. The molecule has 0 atom stereocenters. The van der Waals surface area contributed by atoms with Crippen molar-refractivity contribution >= 4 is 35.7 Å². The molecule has 1 N–H and O–H groups in total. The molecule has 0 saturated heterocycles. The van der Waals surface area contributed by atoms with Gasteiger partial charge in [0, 0.05) is 0 Å². The Labute approximate surface area is 92.6 Å². The number of hydrogen-bond acceptors (Lipinski definition) is 2. The first-order valence-electron chi connectivity index (χ1n) is 3.18. The van der Waals surface area contributed by atoms with Crippen LogP contribution in [-0.4, -0.2) is 40.8 Å². The molecule has 1 aromatic rings. The summed E-state index contributed by atoms with van der Waals surface area (Å²) < 4.78 is 4.34. The molecule has 0 bridgehead atoms. The second-order valence-corrected chi connectivity index (χ2v) is 2.04. The van der Waals surface area contributed by atoms with E-state index in [9.17, 15) is 4.79 Å². The maximum atomic E-state index is 9.95. The first-order valence-corrected chi connectivity index (χ1v) is 3.18. The molecule has 0 radical (unpaired) electrons. The fourth-order valence-corrected chi connectivity index (χ4v) is 0.719. The van der Waals surface area contributed by atoms with Crippen molar-refractivity contribution in [3.63, 3.8) is 0 Å². The van der Waals surface area contributed by atoms with Crippen LogP contribution in [-0.2, 0) is 11.3 Å². The van der Waals surface area contributed by atoms with Crippen LogP contribution in [0.25, 0.3) is 0 Å². The van der Waals surface area contributed by atoms with Crippen LogP contribution in [0.5, 0.6) is 0 Å². The topological polar surface area (TPSA) is 46.5 Å². The van der Waals surface area contributed by atoms with E-state index in [-0.39, 0.29) is 36.2 Å². The maximum absolute atomic E-state index is 9.95. The van der Waals surface area contributed by atoms with Crippen molar-refractivity contribution in [1.82, 2.24) is 0 Å². The average molecular weight is 176 g/mol. The second kappa shape index (κ2) is 6.06. The van der Waals surface area contributed by atoms with Gasteiger partial charge in [0.1, 0.15) is 6.61 Å². The van der Waals surface area contributed by atoms with Gasteiger partial charge in [-0.1, -0.05) is 30.3 Å². The Balaban J connectivity index is 0.00000121. The van der Waals surface area contributed by atoms with E-state index in [1.165, 1.54) is 0 Å². The van der Waals surface area contributed by atoms with E-state index in [1.54, 1.807) is 0 Å². The molecule has 4 heteroatoms. The van der Waals surface area contributed by atoms with Gasteiger partial charge in [0.05, 0.1) is 0 Å². The minimum absolute atomic E-state index is 0. The summed E-state index contributed by atoms with van der Waals surface area (Å²) in [6.07, 6.45) is -1.24. The minimum atomic E-state index is -1.24. The fraction of sp³-hybridized carbons (Fsp3) is 0.125. The van der Waals surface area contributed by atoms with Gasteiger partial charge in [-0.2, -0.15) is 0 Å². The van der Waals surface area contributed by atoms with Gasteiger partial charge in [-0.15, -0.1) is 0 Å². The normalized spacial score (nSPS) is 8.33. The summed E-state index contributed by atoms with van der Waals surface area (Å²) in [5.41, 5.74) is 0.856. The summed E-state index contributed by atoms with van der Waals surface area (Å²) in [7, 11) is 0. The standard InChI is InChI=1S/C8H8O3.Na.H/c9-8(10)11-6-7-4-2-1-3-5-7;;/h1-5H,6H2,(H,9,10);;. The summed E-state index contributed by atoms with van der Waals surface area (Å²) in [5, 5.41) is 8.15. The SMILES string of the molecule is O=C(O)OCc1ccccc1.[NaH]. The van der Waals surface area contributed by atoms with Crippen LogP contribution in [0.4, 0.5) is 4.79 Å². The molecule has 0 spiro atoms. The molecule has 0 aliphatic heterocycles. The molecule has 0 aliphatic carbocycles. The van der Waals surface area contributed by atoms with Crippen LogP contribution in [0.3, 0.4) is 0 Å². The zero-order valence-corrected chi connectivity index (χ0v) is 5.86. The van der Waals surface area contributed by atoms with Gasteiger partial charge in [-0.25, -0.2) is 4.79 Å². The summed E-state index contributed by atoms with van der Waals surface area (Å²) in [6, 6.07) is 9.15. The zero-order chi connectivity index (χ0) is 8.10. The molecule has 0 aliphatic rings. The van der Waals surface area contributed by atoms with E-state index >= 15 is 0 Å². The Kier molecular flexibility index (Phi) is 5.80. The molecule has 12 heavy (non-hydrogen) atoms. The van der Waals surface area contributed by atoms with Crippen molar-refractivity contribution in [2.75, 3.05) is 0 Å². The van der Waals surface area contributed by atoms with Crippen LogP contribution in [0.15, 0.2) is 30.3 Å². The number of carboxylic acid groups (broad SMARTS) is 1. The van der Waals surface area contributed by atoms with E-state index in [0.717, 1.165) is 5.56 Å². The Bertz CT molecular complexity index is 235. The number of hydrogen-bond donors (Lipinski definition) is 1. The van der Waals surface area contributed by atoms with Gasteiger partial charge in [-0.05, 0) is 5.56 Å². The van der Waals surface area contributed by atoms with Crippen molar-refractivity contribution in [1.29, 1.82) is 0 Å². The second-order valence-electron chi connectivity index (χ2n) is 2.04. The summed E-state index contributed by atoms with van der Waals surface area (Å²) in [4.78, 5) is 9.95. The molecule has 0 saturated carbocycles. The van der Waals surface area contributed by atoms with Gasteiger partial charge < -0.3 is 9.84 Å². The summed E-state index contributed by atoms with van der Waals surface area (Å²) in [5.74, 6) is 0. The van der Waals surface area contributed by atoms with E-state index in [1.807, 2.05) is 30.3 Å². The van der Waals surface area contributed by atoms with Crippen LogP contribution in [0.2, 0.25) is 0 Å². The van der Waals surface area contributed by atoms with Gasteiger partial charge >= 0.3 is 35.7 Å². The Morgan fingerprint density at radius 3 is 2.42 bits per heavy atom. The van der Waals surface area contributed by atoms with Crippen molar-refractivity contribution < 1.29 is 14.6 Å². The van der Waals surface area contributed by atoms with Crippen molar-refractivity contribution in [3.05, 3.63) is 35.9 Å².